The number of hydrogen-bond acceptors (Lipinski definition) is 3. The Bertz CT molecular complexity index is 628. The highest BCUT2D eigenvalue weighted by Crippen LogP contribution is 2.21. The maximum absolute atomic E-state index is 13.1. The molecule has 1 aromatic carbocycles. The van der Waals surface area contributed by atoms with Gasteiger partial charge in [-0.1, -0.05) is 0 Å². The summed E-state index contributed by atoms with van der Waals surface area (Å²) in [5.74, 6) is -0.516. The van der Waals surface area contributed by atoms with E-state index in [0.717, 1.165) is 5.56 Å². The molecule has 0 saturated heterocycles. The van der Waals surface area contributed by atoms with Gasteiger partial charge in [-0.25, -0.2) is 9.37 Å². The Morgan fingerprint density at radius 1 is 1.39 bits per heavy atom. The van der Waals surface area contributed by atoms with Gasteiger partial charge < -0.3 is 5.73 Å². The van der Waals surface area contributed by atoms with Crippen LogP contribution in [0.25, 0.3) is 0 Å². The third-order valence-electron chi connectivity index (χ3n) is 2.48. The molecular weight excluding hydrogens is 299 g/mol. The fraction of sp³-hybridized carbons (Fsp3) is 0.0769. The van der Waals surface area contributed by atoms with E-state index in [1.165, 1.54) is 18.2 Å². The van der Waals surface area contributed by atoms with Gasteiger partial charge in [-0.05, 0) is 52.7 Å². The Labute approximate surface area is 112 Å². The summed E-state index contributed by atoms with van der Waals surface area (Å²) in [5.41, 5.74) is 7.21. The third-order valence-corrected chi connectivity index (χ3v) is 3.09. The van der Waals surface area contributed by atoms with Gasteiger partial charge in [-0.3, -0.25) is 4.79 Å². The lowest BCUT2D eigenvalue weighted by molar-refractivity contribution is 0.103. The van der Waals surface area contributed by atoms with Gasteiger partial charge in [0.25, 0.3) is 0 Å². The molecule has 2 rings (SSSR count). The third kappa shape index (κ3) is 2.41. The number of ketones is 1. The largest absolute Gasteiger partial charge is 0.383 e. The number of aromatic nitrogens is 1. The fourth-order valence-corrected chi connectivity index (χ4v) is 1.93. The molecule has 0 bridgehead atoms. The van der Waals surface area contributed by atoms with E-state index in [1.807, 2.05) is 6.92 Å². The molecule has 0 amide bonds. The van der Waals surface area contributed by atoms with Crippen LogP contribution < -0.4 is 5.73 Å². The maximum Gasteiger partial charge on any atom is 0.196 e. The van der Waals surface area contributed by atoms with Crippen molar-refractivity contribution in [1.29, 1.82) is 0 Å². The molecular formula is C13H10BrFN2O. The van der Waals surface area contributed by atoms with E-state index in [0.29, 0.717) is 11.1 Å². The van der Waals surface area contributed by atoms with Gasteiger partial charge in [0.2, 0.25) is 0 Å². The van der Waals surface area contributed by atoms with Crippen molar-refractivity contribution in [3.8, 4) is 0 Å². The summed E-state index contributed by atoms with van der Waals surface area (Å²) in [7, 11) is 0. The second-order valence-corrected chi connectivity index (χ2v) is 4.76. The molecule has 2 N–H and O–H groups in total. The average Bonchev–Trinajstić information content (AvgIpc) is 2.35. The molecule has 18 heavy (non-hydrogen) atoms. The number of nitrogen functional groups attached to an aromatic ring is 1. The van der Waals surface area contributed by atoms with Crippen molar-refractivity contribution in [2.75, 3.05) is 5.73 Å². The first kappa shape index (κ1) is 12.7. The summed E-state index contributed by atoms with van der Waals surface area (Å²) >= 11 is 3.05. The molecule has 0 spiro atoms. The van der Waals surface area contributed by atoms with E-state index < -0.39 is 5.82 Å². The molecule has 2 aromatic rings. The number of nitrogens with two attached hydrogens (primary N) is 1. The van der Waals surface area contributed by atoms with Gasteiger partial charge in [0.15, 0.2) is 5.78 Å². The Kier molecular flexibility index (Phi) is 3.43. The highest BCUT2D eigenvalue weighted by Gasteiger charge is 2.14. The maximum atomic E-state index is 13.1. The molecule has 0 radical (unpaired) electrons. The number of rotatable bonds is 2. The molecule has 3 nitrogen and oxygen atoms in total. The summed E-state index contributed by atoms with van der Waals surface area (Å²) in [6.07, 6.45) is 1.59. The Hall–Kier alpha value is -1.75. The van der Waals surface area contributed by atoms with E-state index in [-0.39, 0.29) is 16.1 Å². The predicted octanol–water partition coefficient (Wildman–Crippen LogP) is 3.10. The predicted molar refractivity (Wildman–Crippen MR) is 70.9 cm³/mol. The number of nitrogens with zero attached hydrogens (tertiary/aromatic N) is 1. The van der Waals surface area contributed by atoms with Crippen LogP contribution in [-0.4, -0.2) is 10.8 Å². The number of benzene rings is 1. The van der Waals surface area contributed by atoms with E-state index >= 15 is 0 Å². The molecule has 0 unspecified atom stereocenters. The van der Waals surface area contributed by atoms with Gasteiger partial charge in [0, 0.05) is 11.8 Å². The summed E-state index contributed by atoms with van der Waals surface area (Å²) in [5, 5.41) is 0. The van der Waals surface area contributed by atoms with Crippen LogP contribution in [0, 0.1) is 12.7 Å². The van der Waals surface area contributed by atoms with Crippen molar-refractivity contribution >= 4 is 27.5 Å². The van der Waals surface area contributed by atoms with Crippen LogP contribution in [0.1, 0.15) is 21.5 Å². The Balaban J connectivity index is 2.47. The van der Waals surface area contributed by atoms with Gasteiger partial charge in [0.05, 0.1) is 10.0 Å². The molecule has 0 aliphatic carbocycles. The van der Waals surface area contributed by atoms with Gasteiger partial charge >= 0.3 is 0 Å². The van der Waals surface area contributed by atoms with Crippen LogP contribution in [0.4, 0.5) is 10.2 Å². The highest BCUT2D eigenvalue weighted by atomic mass is 79.9. The lowest BCUT2D eigenvalue weighted by Gasteiger charge is -2.06. The van der Waals surface area contributed by atoms with Crippen LogP contribution in [0.5, 0.6) is 0 Å². The zero-order valence-electron chi connectivity index (χ0n) is 9.58. The summed E-state index contributed by atoms with van der Waals surface area (Å²) in [4.78, 5) is 16.2. The Morgan fingerprint density at radius 3 is 2.78 bits per heavy atom. The van der Waals surface area contributed by atoms with E-state index in [1.54, 1.807) is 12.3 Å². The van der Waals surface area contributed by atoms with Crippen LogP contribution in [-0.2, 0) is 0 Å². The summed E-state index contributed by atoms with van der Waals surface area (Å²) in [6, 6.07) is 5.75. The monoisotopic (exact) mass is 308 g/mol. The Morgan fingerprint density at radius 2 is 2.11 bits per heavy atom. The van der Waals surface area contributed by atoms with Crippen LogP contribution in [0.3, 0.4) is 0 Å². The number of carbonyl (C=O) groups excluding carboxylic acids is 1. The second-order valence-electron chi connectivity index (χ2n) is 3.90. The van der Waals surface area contributed by atoms with Gasteiger partial charge in [0.1, 0.15) is 11.6 Å². The minimum Gasteiger partial charge on any atom is -0.383 e. The molecule has 92 valence electrons. The van der Waals surface area contributed by atoms with Gasteiger partial charge in [-0.15, -0.1) is 0 Å². The zero-order valence-corrected chi connectivity index (χ0v) is 11.2. The lowest BCUT2D eigenvalue weighted by Crippen LogP contribution is -2.07. The fourth-order valence-electron chi connectivity index (χ4n) is 1.55. The van der Waals surface area contributed by atoms with Crippen molar-refractivity contribution in [1.82, 2.24) is 4.98 Å². The molecule has 5 heteroatoms. The van der Waals surface area contributed by atoms with E-state index in [2.05, 4.69) is 20.9 Å². The number of anilines is 1. The minimum absolute atomic E-state index is 0.172. The van der Waals surface area contributed by atoms with Crippen molar-refractivity contribution in [3.63, 3.8) is 0 Å². The first-order chi connectivity index (χ1) is 8.49. The van der Waals surface area contributed by atoms with Crippen molar-refractivity contribution in [2.45, 2.75) is 6.92 Å². The van der Waals surface area contributed by atoms with E-state index in [9.17, 15) is 9.18 Å². The van der Waals surface area contributed by atoms with Crippen LogP contribution in [0.2, 0.25) is 0 Å². The molecule has 0 aliphatic heterocycles. The SMILES string of the molecule is Cc1cnc(N)c(C(=O)c2ccc(F)c(Br)c2)c1. The molecule has 0 atom stereocenters. The smallest absolute Gasteiger partial charge is 0.196 e. The quantitative estimate of drug-likeness (QED) is 0.867. The lowest BCUT2D eigenvalue weighted by atomic mass is 10.0. The zero-order chi connectivity index (χ0) is 13.3. The molecule has 0 aliphatic rings. The van der Waals surface area contributed by atoms with Crippen molar-refractivity contribution < 1.29 is 9.18 Å². The van der Waals surface area contributed by atoms with Gasteiger partial charge in [-0.2, -0.15) is 0 Å². The molecule has 1 aromatic heterocycles. The first-order valence-corrected chi connectivity index (χ1v) is 6.00. The number of hydrogen-bond donors (Lipinski definition) is 1. The summed E-state index contributed by atoms with van der Waals surface area (Å²) < 4.78 is 13.4. The van der Waals surface area contributed by atoms with Crippen LogP contribution in [0.15, 0.2) is 34.9 Å². The number of carbonyl (C=O) groups is 1. The number of halogens is 2. The van der Waals surface area contributed by atoms with Crippen molar-refractivity contribution in [2.24, 2.45) is 0 Å². The topological polar surface area (TPSA) is 56.0 Å². The molecule has 0 saturated carbocycles. The minimum atomic E-state index is -0.415. The second kappa shape index (κ2) is 4.86. The molecule has 1 heterocycles. The summed E-state index contributed by atoms with van der Waals surface area (Å²) in [6.45, 7) is 1.82. The average molecular weight is 309 g/mol. The van der Waals surface area contributed by atoms with E-state index in [4.69, 9.17) is 5.73 Å². The number of pyridine rings is 1. The standard InChI is InChI=1S/C13H10BrFN2O/c1-7-4-9(13(16)17-6-7)12(18)8-2-3-11(15)10(14)5-8/h2-6H,1H3,(H2,16,17). The highest BCUT2D eigenvalue weighted by molar-refractivity contribution is 9.10. The van der Waals surface area contributed by atoms with Crippen molar-refractivity contribution in [3.05, 3.63) is 57.4 Å². The van der Waals surface area contributed by atoms with Crippen LogP contribution >= 0.6 is 15.9 Å². The number of aryl methyl sites for hydroxylation is 1. The molecule has 0 fully saturated rings. The first-order valence-electron chi connectivity index (χ1n) is 5.21. The normalized spacial score (nSPS) is 10.4.